The lowest BCUT2D eigenvalue weighted by Crippen LogP contribution is -2.50. The summed E-state index contributed by atoms with van der Waals surface area (Å²) in [4.78, 5) is 18.3. The van der Waals surface area contributed by atoms with Gasteiger partial charge in [-0.3, -0.25) is 10.00 Å². The number of benzene rings is 4. The summed E-state index contributed by atoms with van der Waals surface area (Å²) in [6, 6.07) is 33.5. The van der Waals surface area contributed by atoms with Crippen LogP contribution in [-0.2, 0) is 21.7 Å². The summed E-state index contributed by atoms with van der Waals surface area (Å²) >= 11 is 0. The molecule has 1 saturated heterocycles. The highest BCUT2D eigenvalue weighted by Gasteiger charge is 2.45. The van der Waals surface area contributed by atoms with Crippen molar-refractivity contribution in [2.24, 2.45) is 0 Å². The Balaban J connectivity index is 1.35. The lowest BCUT2D eigenvalue weighted by molar-refractivity contribution is -0.139. The number of anilines is 1. The first-order valence-corrected chi connectivity index (χ1v) is 14.2. The Kier molecular flexibility index (Phi) is 7.09. The first-order valence-electron chi connectivity index (χ1n) is 14.2. The van der Waals surface area contributed by atoms with Gasteiger partial charge in [0.25, 0.3) is 0 Å². The Morgan fingerprint density at radius 3 is 2.67 bits per heavy atom. The van der Waals surface area contributed by atoms with Gasteiger partial charge in [0.2, 0.25) is 0 Å². The fourth-order valence-electron chi connectivity index (χ4n) is 5.98. The minimum Gasteiger partial charge on any atom is -0.380 e. The van der Waals surface area contributed by atoms with Crippen molar-refractivity contribution in [3.05, 3.63) is 121 Å². The van der Waals surface area contributed by atoms with Gasteiger partial charge in [-0.2, -0.15) is 5.10 Å². The number of likely N-dealkylation sites (tertiary alicyclic amines) is 1. The summed E-state index contributed by atoms with van der Waals surface area (Å²) in [7, 11) is 1.78. The second kappa shape index (κ2) is 11.3. The third-order valence-corrected chi connectivity index (χ3v) is 8.22. The number of aromatic amines is 1. The Morgan fingerprint density at radius 2 is 1.79 bits per heavy atom. The predicted octanol–water partition coefficient (Wildman–Crippen LogP) is 6.33. The van der Waals surface area contributed by atoms with Gasteiger partial charge >= 0.3 is 0 Å². The maximum absolute atomic E-state index is 6.96. The number of methoxy groups -OCH3 is 1. The lowest BCUT2D eigenvalue weighted by atomic mass is 9.91. The molecule has 0 bridgehead atoms. The molecule has 8 nitrogen and oxygen atoms in total. The number of nitrogens with one attached hydrogen (secondary N) is 2. The molecule has 2 aromatic heterocycles. The zero-order valence-corrected chi connectivity index (χ0v) is 23.4. The van der Waals surface area contributed by atoms with Gasteiger partial charge in [-0.25, -0.2) is 20.3 Å². The molecule has 4 aromatic carbocycles. The summed E-state index contributed by atoms with van der Waals surface area (Å²) in [6.07, 6.45) is 5.03. The Bertz CT molecular complexity index is 1820. The van der Waals surface area contributed by atoms with Crippen LogP contribution >= 0.6 is 0 Å². The van der Waals surface area contributed by atoms with Crippen molar-refractivity contribution in [3.63, 3.8) is 0 Å². The molecule has 1 aliphatic heterocycles. The highest BCUT2D eigenvalue weighted by atomic mass is 16.7. The fraction of sp³-hybridized carbons (Fsp3) is 0.206. The highest BCUT2D eigenvalue weighted by molar-refractivity contribution is 5.88. The van der Waals surface area contributed by atoms with E-state index in [1.54, 1.807) is 13.4 Å². The molecule has 0 spiro atoms. The van der Waals surface area contributed by atoms with E-state index in [1.165, 1.54) is 11.1 Å². The van der Waals surface area contributed by atoms with Crippen LogP contribution in [0.1, 0.15) is 17.5 Å². The maximum Gasteiger partial charge on any atom is 0.178 e. The number of aromatic nitrogens is 4. The predicted molar refractivity (Wildman–Crippen MR) is 165 cm³/mol. The van der Waals surface area contributed by atoms with E-state index >= 15 is 0 Å². The number of H-pyrrole nitrogens is 1. The second-order valence-corrected chi connectivity index (χ2v) is 10.7. The van der Waals surface area contributed by atoms with Gasteiger partial charge < -0.3 is 4.74 Å². The van der Waals surface area contributed by atoms with Crippen molar-refractivity contribution in [3.8, 4) is 11.1 Å². The number of rotatable bonds is 9. The van der Waals surface area contributed by atoms with Gasteiger partial charge in [0.1, 0.15) is 6.33 Å². The quantitative estimate of drug-likeness (QED) is 0.201. The smallest absolute Gasteiger partial charge is 0.178 e. The monoisotopic (exact) mass is 556 g/mol. The number of hydrogen-bond acceptors (Lipinski definition) is 7. The molecular weight excluding hydrogens is 524 g/mol. The average molecular weight is 557 g/mol. The van der Waals surface area contributed by atoms with Crippen LogP contribution in [0.15, 0.2) is 110 Å². The molecule has 1 aliphatic rings. The van der Waals surface area contributed by atoms with Gasteiger partial charge in [-0.15, -0.1) is 0 Å². The van der Waals surface area contributed by atoms with Crippen molar-refractivity contribution < 1.29 is 9.57 Å². The van der Waals surface area contributed by atoms with Gasteiger partial charge in [-0.1, -0.05) is 72.8 Å². The molecule has 3 heterocycles. The molecule has 0 saturated carbocycles. The molecule has 2 atom stereocenters. The zero-order chi connectivity index (χ0) is 28.4. The fourth-order valence-corrected chi connectivity index (χ4v) is 5.98. The van der Waals surface area contributed by atoms with Crippen molar-refractivity contribution in [1.29, 1.82) is 0 Å². The molecule has 0 aliphatic carbocycles. The standard InChI is InChI=1S/C34H32N6O2/c1-41-29-16-17-40(22-29)34(28-14-15-31-27(19-28)21-37-38-31,42-39-33-30-12-5-6-13-32(30)35-23-36-33)20-24-8-7-11-26(18-24)25-9-3-2-4-10-25/h2-15,18-19,21,23,29H,16-17,20,22H2,1H3,(H,37,38)(H,35,36,39). The van der Waals surface area contributed by atoms with E-state index in [1.807, 2.05) is 36.5 Å². The van der Waals surface area contributed by atoms with Crippen LogP contribution in [0.25, 0.3) is 32.9 Å². The number of hydrogen-bond donors (Lipinski definition) is 2. The Morgan fingerprint density at radius 1 is 0.929 bits per heavy atom. The van der Waals surface area contributed by atoms with Crippen molar-refractivity contribution in [2.75, 3.05) is 25.7 Å². The van der Waals surface area contributed by atoms with E-state index in [9.17, 15) is 0 Å². The molecule has 0 amide bonds. The second-order valence-electron chi connectivity index (χ2n) is 10.7. The SMILES string of the molecule is COC1CCN(C(Cc2cccc(-c3ccccc3)c2)(ONc2ncnc3ccccc23)c2ccc3[nH]ncc3c2)C1. The summed E-state index contributed by atoms with van der Waals surface area (Å²) in [5, 5.41) is 9.26. The summed E-state index contributed by atoms with van der Waals surface area (Å²) in [6.45, 7) is 1.54. The molecule has 8 heteroatoms. The van der Waals surface area contributed by atoms with Gasteiger partial charge in [0, 0.05) is 43.0 Å². The van der Waals surface area contributed by atoms with Crippen LogP contribution in [0.2, 0.25) is 0 Å². The lowest BCUT2D eigenvalue weighted by Gasteiger charge is -2.42. The topological polar surface area (TPSA) is 88.2 Å². The molecule has 0 radical (unpaired) electrons. The number of para-hydroxylation sites is 1. The molecular formula is C34H32N6O2. The van der Waals surface area contributed by atoms with Crippen LogP contribution < -0.4 is 5.48 Å². The number of nitrogens with zero attached hydrogens (tertiary/aromatic N) is 4. The number of ether oxygens (including phenoxy) is 1. The van der Waals surface area contributed by atoms with Crippen LogP contribution in [0, 0.1) is 0 Å². The Labute approximate surface area is 244 Å². The molecule has 210 valence electrons. The van der Waals surface area contributed by atoms with E-state index in [2.05, 4.69) is 97.3 Å². The average Bonchev–Trinajstić information content (AvgIpc) is 3.74. The first kappa shape index (κ1) is 26.3. The Hall–Kier alpha value is -4.63. The van der Waals surface area contributed by atoms with Crippen molar-refractivity contribution in [2.45, 2.75) is 24.7 Å². The molecule has 2 N–H and O–H groups in total. The van der Waals surface area contributed by atoms with Crippen LogP contribution in [0.5, 0.6) is 0 Å². The zero-order valence-electron chi connectivity index (χ0n) is 23.4. The van der Waals surface area contributed by atoms with Crippen molar-refractivity contribution >= 4 is 27.6 Å². The summed E-state index contributed by atoms with van der Waals surface area (Å²) in [5.74, 6) is 0.620. The van der Waals surface area contributed by atoms with E-state index in [4.69, 9.17) is 9.57 Å². The maximum atomic E-state index is 6.96. The van der Waals surface area contributed by atoms with Gasteiger partial charge in [0.05, 0.1) is 23.3 Å². The molecule has 2 unspecified atom stereocenters. The highest BCUT2D eigenvalue weighted by Crippen LogP contribution is 2.39. The van der Waals surface area contributed by atoms with Gasteiger partial charge in [-0.05, 0) is 47.4 Å². The summed E-state index contributed by atoms with van der Waals surface area (Å²) < 4.78 is 5.82. The minimum absolute atomic E-state index is 0.112. The van der Waals surface area contributed by atoms with Crippen LogP contribution in [-0.4, -0.2) is 51.4 Å². The third-order valence-electron chi connectivity index (χ3n) is 8.22. The molecule has 6 aromatic rings. The van der Waals surface area contributed by atoms with Gasteiger partial charge in [0.15, 0.2) is 11.5 Å². The van der Waals surface area contributed by atoms with Crippen LogP contribution in [0.4, 0.5) is 5.82 Å². The number of fused-ring (bicyclic) bond motifs is 2. The van der Waals surface area contributed by atoms with Crippen LogP contribution in [0.3, 0.4) is 0 Å². The van der Waals surface area contributed by atoms with E-state index in [0.717, 1.165) is 52.4 Å². The molecule has 7 rings (SSSR count). The normalized spacial score (nSPS) is 17.0. The largest absolute Gasteiger partial charge is 0.380 e. The first-order chi connectivity index (χ1) is 20.7. The minimum atomic E-state index is -0.889. The molecule has 1 fully saturated rings. The van der Waals surface area contributed by atoms with Crippen molar-refractivity contribution in [1.82, 2.24) is 25.1 Å². The van der Waals surface area contributed by atoms with E-state index in [0.29, 0.717) is 12.2 Å². The van der Waals surface area contributed by atoms with E-state index < -0.39 is 5.72 Å². The van der Waals surface area contributed by atoms with E-state index in [-0.39, 0.29) is 6.10 Å². The molecule has 42 heavy (non-hydrogen) atoms. The summed E-state index contributed by atoms with van der Waals surface area (Å²) in [5.41, 5.74) is 8.74. The third kappa shape index (κ3) is 5.00.